The maximum absolute atomic E-state index is 12.3. The number of methoxy groups -OCH3 is 1. The third-order valence-electron chi connectivity index (χ3n) is 4.36. The summed E-state index contributed by atoms with van der Waals surface area (Å²) in [7, 11) is 1.45. The van der Waals surface area contributed by atoms with E-state index >= 15 is 0 Å². The van der Waals surface area contributed by atoms with Crippen LogP contribution in [0, 0.1) is 23.7 Å². The van der Waals surface area contributed by atoms with E-state index < -0.39 is 18.2 Å². The zero-order valence-electron chi connectivity index (χ0n) is 18.8. The normalized spacial score (nSPS) is 12.3. The number of phenols is 1. The van der Waals surface area contributed by atoms with Crippen LogP contribution in [0.15, 0.2) is 49.1 Å². The van der Waals surface area contributed by atoms with Crippen LogP contribution in [0.25, 0.3) is 6.08 Å². The first-order valence-electron chi connectivity index (χ1n) is 10.7. The Balaban J connectivity index is 2.77. The molecule has 0 amide bonds. The Morgan fingerprint density at radius 3 is 2.66 bits per heavy atom. The van der Waals surface area contributed by atoms with Gasteiger partial charge in [-0.3, -0.25) is 0 Å². The van der Waals surface area contributed by atoms with Crippen LogP contribution in [0.2, 0.25) is 0 Å². The van der Waals surface area contributed by atoms with Crippen molar-refractivity contribution in [1.82, 2.24) is 0 Å². The van der Waals surface area contributed by atoms with Gasteiger partial charge in [0.1, 0.15) is 6.10 Å². The molecule has 0 aliphatic rings. The lowest BCUT2D eigenvalue weighted by molar-refractivity contribution is -0.138. The first-order valence-corrected chi connectivity index (χ1v) is 10.7. The summed E-state index contributed by atoms with van der Waals surface area (Å²) in [4.78, 5) is 12.3. The molecule has 2 atom stereocenters. The molecule has 0 aliphatic carbocycles. The van der Waals surface area contributed by atoms with Crippen LogP contribution in [-0.2, 0) is 9.53 Å². The fraction of sp³-hybridized carbons (Fsp3) is 0.370. The lowest BCUT2D eigenvalue weighted by atomic mass is 10.1. The molecule has 5 heteroatoms. The van der Waals surface area contributed by atoms with Crippen molar-refractivity contribution in [3.8, 4) is 35.2 Å². The van der Waals surface area contributed by atoms with Gasteiger partial charge in [-0.05, 0) is 60.5 Å². The largest absolute Gasteiger partial charge is 0.504 e. The number of carbonyl (C=O) groups excluding carboxylic acids is 1. The second kappa shape index (κ2) is 16.3. The SMILES string of the molecule is C=C[C@H](O)C#CC#C[C@H](/C=C\CCCCCCC)OC(=O)/C=C/c1ccc(O)c(OC)c1. The number of ether oxygens (including phenoxy) is 2. The third kappa shape index (κ3) is 11.7. The molecule has 32 heavy (non-hydrogen) atoms. The van der Waals surface area contributed by atoms with Crippen molar-refractivity contribution in [3.63, 3.8) is 0 Å². The van der Waals surface area contributed by atoms with Crippen LogP contribution in [0.3, 0.4) is 0 Å². The van der Waals surface area contributed by atoms with E-state index in [1.54, 1.807) is 24.3 Å². The zero-order chi connectivity index (χ0) is 23.6. The molecular formula is C27H32O5. The predicted octanol–water partition coefficient (Wildman–Crippen LogP) is 4.80. The first kappa shape index (κ1) is 26.6. The highest BCUT2D eigenvalue weighted by Crippen LogP contribution is 2.26. The van der Waals surface area contributed by atoms with E-state index in [-0.39, 0.29) is 5.75 Å². The average molecular weight is 437 g/mol. The van der Waals surface area contributed by atoms with E-state index in [4.69, 9.17) is 9.47 Å². The summed E-state index contributed by atoms with van der Waals surface area (Å²) >= 11 is 0. The first-order chi connectivity index (χ1) is 15.5. The Morgan fingerprint density at radius 1 is 1.19 bits per heavy atom. The maximum Gasteiger partial charge on any atom is 0.332 e. The van der Waals surface area contributed by atoms with Gasteiger partial charge in [0.2, 0.25) is 0 Å². The molecule has 1 aromatic rings. The molecular weight excluding hydrogens is 404 g/mol. The number of benzene rings is 1. The highest BCUT2D eigenvalue weighted by Gasteiger charge is 2.06. The molecule has 5 nitrogen and oxygen atoms in total. The fourth-order valence-electron chi connectivity index (χ4n) is 2.61. The second-order valence-electron chi connectivity index (χ2n) is 6.97. The Bertz CT molecular complexity index is 905. The van der Waals surface area contributed by atoms with Gasteiger partial charge in [0, 0.05) is 6.08 Å². The lowest BCUT2D eigenvalue weighted by Gasteiger charge is -2.06. The number of hydrogen-bond donors (Lipinski definition) is 2. The summed E-state index contributed by atoms with van der Waals surface area (Å²) in [5.41, 5.74) is 0.672. The molecule has 0 saturated carbocycles. The van der Waals surface area contributed by atoms with Crippen molar-refractivity contribution in [3.05, 3.63) is 54.6 Å². The number of esters is 1. The number of hydrogen-bond acceptors (Lipinski definition) is 5. The quantitative estimate of drug-likeness (QED) is 0.162. The van der Waals surface area contributed by atoms with Crippen molar-refractivity contribution >= 4 is 12.0 Å². The van der Waals surface area contributed by atoms with Crippen LogP contribution in [0.5, 0.6) is 11.5 Å². The summed E-state index contributed by atoms with van der Waals surface area (Å²) in [5.74, 6) is 10.2. The summed E-state index contributed by atoms with van der Waals surface area (Å²) in [6.45, 7) is 5.62. The standard InChI is InChI=1S/C27H32O5/c1-4-6-7-8-9-10-11-15-24(16-13-12-14-23(28)5-2)32-27(30)20-18-22-17-19-25(29)26(21-22)31-3/h5,11,15,17-21,23-24,28-29H,2,4,6-10H2,1,3H3/b15-11-,20-18+/t23-,24-/m0/s1. The maximum atomic E-state index is 12.3. The van der Waals surface area contributed by atoms with Crippen molar-refractivity contribution in [2.24, 2.45) is 0 Å². The zero-order valence-corrected chi connectivity index (χ0v) is 18.8. The van der Waals surface area contributed by atoms with Crippen LogP contribution < -0.4 is 4.74 Å². The van der Waals surface area contributed by atoms with Crippen molar-refractivity contribution in [2.45, 2.75) is 57.7 Å². The monoisotopic (exact) mass is 436 g/mol. The van der Waals surface area contributed by atoms with Gasteiger partial charge in [0.25, 0.3) is 0 Å². The molecule has 1 rings (SSSR count). The number of aromatic hydroxyl groups is 1. The molecule has 170 valence electrons. The van der Waals surface area contributed by atoms with E-state index in [0.29, 0.717) is 11.3 Å². The van der Waals surface area contributed by atoms with Crippen LogP contribution >= 0.6 is 0 Å². The molecule has 0 bridgehead atoms. The summed E-state index contributed by atoms with van der Waals surface area (Å²) < 4.78 is 10.5. The summed E-state index contributed by atoms with van der Waals surface area (Å²) in [5, 5.41) is 19.0. The number of aliphatic hydroxyl groups excluding tert-OH is 1. The fourth-order valence-corrected chi connectivity index (χ4v) is 2.61. The Labute approximate surface area is 191 Å². The average Bonchev–Trinajstić information content (AvgIpc) is 2.80. The Hall–Kier alpha value is -3.41. The molecule has 1 aromatic carbocycles. The molecule has 0 fully saturated rings. The molecule has 2 N–H and O–H groups in total. The molecule has 0 unspecified atom stereocenters. The highest BCUT2D eigenvalue weighted by molar-refractivity contribution is 5.87. The van der Waals surface area contributed by atoms with E-state index in [9.17, 15) is 15.0 Å². The lowest BCUT2D eigenvalue weighted by Crippen LogP contribution is -2.12. The number of allylic oxidation sites excluding steroid dienone is 1. The van der Waals surface area contributed by atoms with Gasteiger partial charge in [0.05, 0.1) is 7.11 Å². The van der Waals surface area contributed by atoms with Crippen LogP contribution in [0.4, 0.5) is 0 Å². The smallest absolute Gasteiger partial charge is 0.332 e. The highest BCUT2D eigenvalue weighted by atomic mass is 16.5. The van der Waals surface area contributed by atoms with Crippen LogP contribution in [-0.4, -0.2) is 35.5 Å². The number of aliphatic hydroxyl groups is 1. The third-order valence-corrected chi connectivity index (χ3v) is 4.36. The molecule has 0 aliphatic heterocycles. The van der Waals surface area contributed by atoms with Crippen molar-refractivity contribution in [1.29, 1.82) is 0 Å². The van der Waals surface area contributed by atoms with Gasteiger partial charge in [-0.1, -0.05) is 63.3 Å². The second-order valence-corrected chi connectivity index (χ2v) is 6.97. The van der Waals surface area contributed by atoms with E-state index in [1.165, 1.54) is 44.6 Å². The molecule has 0 radical (unpaired) electrons. The minimum absolute atomic E-state index is 0.0186. The van der Waals surface area contributed by atoms with Gasteiger partial charge in [-0.25, -0.2) is 4.79 Å². The Kier molecular flexibility index (Phi) is 13.6. The minimum atomic E-state index is -0.950. The minimum Gasteiger partial charge on any atom is -0.504 e. The summed E-state index contributed by atoms with van der Waals surface area (Å²) in [6, 6.07) is 4.74. The van der Waals surface area contributed by atoms with Gasteiger partial charge in [-0.15, -0.1) is 0 Å². The topological polar surface area (TPSA) is 76.0 Å². The number of rotatable bonds is 12. The van der Waals surface area contributed by atoms with E-state index in [1.807, 2.05) is 6.08 Å². The van der Waals surface area contributed by atoms with Gasteiger partial charge in [0.15, 0.2) is 17.6 Å². The molecule has 0 saturated heterocycles. The predicted molar refractivity (Wildman–Crippen MR) is 128 cm³/mol. The van der Waals surface area contributed by atoms with Crippen molar-refractivity contribution in [2.75, 3.05) is 7.11 Å². The van der Waals surface area contributed by atoms with Gasteiger partial charge < -0.3 is 19.7 Å². The number of phenolic OH excluding ortho intramolecular Hbond substituents is 1. The Morgan fingerprint density at radius 2 is 1.94 bits per heavy atom. The van der Waals surface area contributed by atoms with Crippen LogP contribution in [0.1, 0.15) is 51.0 Å². The molecule has 0 heterocycles. The van der Waals surface area contributed by atoms with E-state index in [0.717, 1.165) is 19.3 Å². The number of unbranched alkanes of at least 4 members (excludes halogenated alkanes) is 5. The number of carbonyl (C=O) groups is 1. The van der Waals surface area contributed by atoms with E-state index in [2.05, 4.69) is 37.2 Å². The molecule has 0 spiro atoms. The molecule has 0 aromatic heterocycles. The van der Waals surface area contributed by atoms with Gasteiger partial charge in [-0.2, -0.15) is 0 Å². The van der Waals surface area contributed by atoms with Crippen molar-refractivity contribution < 1.29 is 24.5 Å². The summed E-state index contributed by atoms with van der Waals surface area (Å²) in [6.07, 6.45) is 12.9. The van der Waals surface area contributed by atoms with Gasteiger partial charge >= 0.3 is 5.97 Å².